The number of hydrogen-bond donors (Lipinski definition) is 1. The third kappa shape index (κ3) is 4.87. The number of hydrogen-bond acceptors (Lipinski definition) is 6. The lowest BCUT2D eigenvalue weighted by Gasteiger charge is -2.19. The van der Waals surface area contributed by atoms with Gasteiger partial charge in [-0.15, -0.1) is 23.7 Å². The van der Waals surface area contributed by atoms with Crippen LogP contribution in [-0.4, -0.2) is 28.1 Å². The van der Waals surface area contributed by atoms with E-state index in [1.165, 1.54) is 5.56 Å². The molecular weight excluding hydrogens is 332 g/mol. The highest BCUT2D eigenvalue weighted by Gasteiger charge is 2.13. The highest BCUT2D eigenvalue weighted by molar-refractivity contribution is 7.13. The molecular formula is C16H19ClN4OS. The van der Waals surface area contributed by atoms with Crippen LogP contribution in [0.2, 0.25) is 0 Å². The molecule has 0 aliphatic rings. The number of rotatable bonds is 7. The van der Waals surface area contributed by atoms with E-state index in [4.69, 9.17) is 10.3 Å². The van der Waals surface area contributed by atoms with Crippen molar-refractivity contribution in [2.45, 2.75) is 13.1 Å². The van der Waals surface area contributed by atoms with Gasteiger partial charge in [0.25, 0.3) is 0 Å². The maximum absolute atomic E-state index is 5.71. The number of nitrogens with zero attached hydrogens (tertiary/aromatic N) is 3. The molecule has 0 saturated carbocycles. The maximum Gasteiger partial charge on any atom is 0.241 e. The van der Waals surface area contributed by atoms with Crippen molar-refractivity contribution in [2.75, 3.05) is 13.1 Å². The monoisotopic (exact) mass is 350 g/mol. The second kappa shape index (κ2) is 8.79. The van der Waals surface area contributed by atoms with Crippen molar-refractivity contribution in [1.29, 1.82) is 0 Å². The van der Waals surface area contributed by atoms with Gasteiger partial charge in [0, 0.05) is 19.6 Å². The largest absolute Gasteiger partial charge is 0.338 e. The number of halogens is 1. The average molecular weight is 351 g/mol. The lowest BCUT2D eigenvalue weighted by atomic mass is 10.2. The summed E-state index contributed by atoms with van der Waals surface area (Å²) in [7, 11) is 0. The predicted molar refractivity (Wildman–Crippen MR) is 94.5 cm³/mol. The molecule has 0 fully saturated rings. The molecule has 5 nitrogen and oxygen atoms in total. The summed E-state index contributed by atoms with van der Waals surface area (Å²) >= 11 is 1.60. The van der Waals surface area contributed by atoms with Crippen LogP contribution in [0.5, 0.6) is 0 Å². The first-order valence-electron chi connectivity index (χ1n) is 7.18. The molecule has 2 heterocycles. The number of aromatic nitrogens is 2. The number of nitrogens with two attached hydrogens (primary N) is 1. The van der Waals surface area contributed by atoms with Gasteiger partial charge in [-0.2, -0.15) is 4.98 Å². The Kier molecular flexibility index (Phi) is 6.73. The van der Waals surface area contributed by atoms with Crippen molar-refractivity contribution in [3.63, 3.8) is 0 Å². The normalized spacial score (nSPS) is 10.7. The van der Waals surface area contributed by atoms with E-state index in [1.807, 2.05) is 35.7 Å². The first kappa shape index (κ1) is 17.6. The Morgan fingerprint density at radius 2 is 1.91 bits per heavy atom. The third-order valence-electron chi connectivity index (χ3n) is 3.26. The second-order valence-electron chi connectivity index (χ2n) is 4.97. The molecule has 0 aliphatic carbocycles. The van der Waals surface area contributed by atoms with Crippen molar-refractivity contribution in [1.82, 2.24) is 15.0 Å². The molecule has 0 aliphatic heterocycles. The third-order valence-corrected chi connectivity index (χ3v) is 4.13. The molecule has 7 heteroatoms. The van der Waals surface area contributed by atoms with E-state index in [0.29, 0.717) is 24.8 Å². The Labute approximate surface area is 145 Å². The fraction of sp³-hybridized carbons (Fsp3) is 0.250. The van der Waals surface area contributed by atoms with Gasteiger partial charge in [0.1, 0.15) is 0 Å². The van der Waals surface area contributed by atoms with E-state index < -0.39 is 0 Å². The Bertz CT molecular complexity index is 687. The molecule has 0 spiro atoms. The standard InChI is InChI=1S/C16H18N4OS.ClH/c17-8-9-20(11-13-5-2-1-3-6-13)12-15-18-16(19-21-15)14-7-4-10-22-14;/h1-7,10H,8-9,11-12,17H2;1H. The molecule has 0 amide bonds. The van der Waals surface area contributed by atoms with E-state index in [1.54, 1.807) is 11.3 Å². The van der Waals surface area contributed by atoms with Crippen LogP contribution in [0.1, 0.15) is 11.5 Å². The van der Waals surface area contributed by atoms with Crippen LogP contribution in [0, 0.1) is 0 Å². The van der Waals surface area contributed by atoms with E-state index in [-0.39, 0.29) is 12.4 Å². The molecule has 0 radical (unpaired) electrons. The van der Waals surface area contributed by atoms with Crippen LogP contribution >= 0.6 is 23.7 Å². The predicted octanol–water partition coefficient (Wildman–Crippen LogP) is 3.18. The number of benzene rings is 1. The lowest BCUT2D eigenvalue weighted by molar-refractivity contribution is 0.224. The fourth-order valence-corrected chi connectivity index (χ4v) is 2.90. The van der Waals surface area contributed by atoms with Gasteiger partial charge in [0.15, 0.2) is 0 Å². The Balaban J connectivity index is 0.00000192. The molecule has 3 rings (SSSR count). The quantitative estimate of drug-likeness (QED) is 0.708. The second-order valence-corrected chi connectivity index (χ2v) is 5.92. The van der Waals surface area contributed by atoms with E-state index >= 15 is 0 Å². The highest BCUT2D eigenvalue weighted by Crippen LogP contribution is 2.21. The molecule has 2 N–H and O–H groups in total. The Morgan fingerprint density at radius 1 is 1.09 bits per heavy atom. The number of thiophene rings is 1. The molecule has 3 aromatic rings. The highest BCUT2D eigenvalue weighted by atomic mass is 35.5. The summed E-state index contributed by atoms with van der Waals surface area (Å²) in [5, 5.41) is 6.05. The van der Waals surface area contributed by atoms with Gasteiger partial charge >= 0.3 is 0 Å². The van der Waals surface area contributed by atoms with Crippen molar-refractivity contribution in [3.8, 4) is 10.7 Å². The Morgan fingerprint density at radius 3 is 2.61 bits per heavy atom. The first-order valence-corrected chi connectivity index (χ1v) is 8.06. The zero-order valence-electron chi connectivity index (χ0n) is 12.6. The van der Waals surface area contributed by atoms with Gasteiger partial charge in [0.05, 0.1) is 11.4 Å². The van der Waals surface area contributed by atoms with E-state index in [9.17, 15) is 0 Å². The zero-order valence-corrected chi connectivity index (χ0v) is 14.2. The van der Waals surface area contributed by atoms with E-state index in [2.05, 4.69) is 27.2 Å². The minimum absolute atomic E-state index is 0. The SMILES string of the molecule is Cl.NCCN(Cc1ccccc1)Cc1nc(-c2cccs2)no1. The summed E-state index contributed by atoms with van der Waals surface area (Å²) < 4.78 is 5.37. The van der Waals surface area contributed by atoms with Crippen LogP contribution in [0.4, 0.5) is 0 Å². The van der Waals surface area contributed by atoms with Gasteiger partial charge in [0.2, 0.25) is 11.7 Å². The van der Waals surface area contributed by atoms with Crippen LogP contribution < -0.4 is 5.73 Å². The molecule has 122 valence electrons. The Hall–Kier alpha value is -1.73. The molecule has 1 aromatic carbocycles. The van der Waals surface area contributed by atoms with Crippen LogP contribution in [0.3, 0.4) is 0 Å². The van der Waals surface area contributed by atoms with E-state index in [0.717, 1.165) is 18.0 Å². The van der Waals surface area contributed by atoms with Gasteiger partial charge in [-0.3, -0.25) is 4.90 Å². The van der Waals surface area contributed by atoms with Crippen molar-refractivity contribution >= 4 is 23.7 Å². The van der Waals surface area contributed by atoms with Crippen LogP contribution in [0.15, 0.2) is 52.4 Å². The molecule has 0 bridgehead atoms. The minimum Gasteiger partial charge on any atom is -0.338 e. The summed E-state index contributed by atoms with van der Waals surface area (Å²) in [5.74, 6) is 1.27. The lowest BCUT2D eigenvalue weighted by Crippen LogP contribution is -2.28. The minimum atomic E-state index is 0. The van der Waals surface area contributed by atoms with Gasteiger partial charge < -0.3 is 10.3 Å². The first-order chi connectivity index (χ1) is 10.8. The summed E-state index contributed by atoms with van der Waals surface area (Å²) in [6, 6.07) is 14.3. The summed E-state index contributed by atoms with van der Waals surface area (Å²) in [5.41, 5.74) is 6.96. The molecule has 0 saturated heterocycles. The summed E-state index contributed by atoms with van der Waals surface area (Å²) in [6.45, 7) is 2.80. The van der Waals surface area contributed by atoms with Crippen molar-refractivity contribution in [3.05, 3.63) is 59.3 Å². The summed E-state index contributed by atoms with van der Waals surface area (Å²) in [6.07, 6.45) is 0. The molecule has 23 heavy (non-hydrogen) atoms. The molecule has 0 unspecified atom stereocenters. The van der Waals surface area contributed by atoms with Crippen LogP contribution in [-0.2, 0) is 13.1 Å². The molecule has 2 aromatic heterocycles. The zero-order chi connectivity index (χ0) is 15.2. The average Bonchev–Trinajstić information content (AvgIpc) is 3.19. The van der Waals surface area contributed by atoms with Crippen molar-refractivity contribution in [2.24, 2.45) is 5.73 Å². The summed E-state index contributed by atoms with van der Waals surface area (Å²) in [4.78, 5) is 7.69. The van der Waals surface area contributed by atoms with Gasteiger partial charge in [-0.1, -0.05) is 41.6 Å². The van der Waals surface area contributed by atoms with Gasteiger partial charge in [-0.25, -0.2) is 0 Å². The smallest absolute Gasteiger partial charge is 0.241 e. The maximum atomic E-state index is 5.71. The topological polar surface area (TPSA) is 68.2 Å². The van der Waals surface area contributed by atoms with Crippen molar-refractivity contribution < 1.29 is 4.52 Å². The van der Waals surface area contributed by atoms with Crippen LogP contribution in [0.25, 0.3) is 10.7 Å². The van der Waals surface area contributed by atoms with Gasteiger partial charge in [-0.05, 0) is 17.0 Å². The fourth-order valence-electron chi connectivity index (χ4n) is 2.25. The molecule has 0 atom stereocenters.